The van der Waals surface area contributed by atoms with E-state index in [1.54, 1.807) is 6.20 Å². The molecule has 0 fully saturated rings. The molecule has 0 amide bonds. The van der Waals surface area contributed by atoms with E-state index >= 15 is 0 Å². The van der Waals surface area contributed by atoms with Crippen molar-refractivity contribution in [2.24, 2.45) is 9.98 Å². The maximum Gasteiger partial charge on any atom is 0.138 e. The molecule has 0 saturated carbocycles. The predicted molar refractivity (Wildman–Crippen MR) is 177 cm³/mol. The summed E-state index contributed by atoms with van der Waals surface area (Å²) < 4.78 is 0. The number of anilines is 1. The molecule has 3 rings (SSSR count). The molecule has 0 aromatic heterocycles. The number of fused-ring (bicyclic) bond motifs is 1. The highest BCUT2D eigenvalue weighted by Crippen LogP contribution is 2.30. The van der Waals surface area contributed by atoms with Gasteiger partial charge in [0.15, 0.2) is 0 Å². The van der Waals surface area contributed by atoms with Crippen LogP contribution in [0.3, 0.4) is 0 Å². The number of hydrogen-bond donors (Lipinski definition) is 2. The molecule has 0 aliphatic carbocycles. The van der Waals surface area contributed by atoms with Crippen molar-refractivity contribution < 1.29 is 0 Å². The fourth-order valence-electron chi connectivity index (χ4n) is 4.00. The van der Waals surface area contributed by atoms with Crippen LogP contribution in [0.25, 0.3) is 11.6 Å². The molecule has 0 spiro atoms. The molecule has 2 aromatic rings. The van der Waals surface area contributed by atoms with Crippen molar-refractivity contribution in [1.82, 2.24) is 5.32 Å². The van der Waals surface area contributed by atoms with Crippen LogP contribution in [0.1, 0.15) is 97.3 Å². The minimum absolute atomic E-state index is 0.638. The molecule has 1 heterocycles. The van der Waals surface area contributed by atoms with Crippen molar-refractivity contribution in [2.45, 2.75) is 87.0 Å². The van der Waals surface area contributed by atoms with Crippen LogP contribution >= 0.6 is 0 Å². The van der Waals surface area contributed by atoms with Crippen molar-refractivity contribution >= 4 is 34.6 Å². The van der Waals surface area contributed by atoms with Gasteiger partial charge in [0.05, 0.1) is 5.69 Å². The molecular weight excluding hydrogens is 476 g/mol. The second kappa shape index (κ2) is 19.4. The molecule has 4 heteroatoms. The van der Waals surface area contributed by atoms with Crippen LogP contribution in [0.2, 0.25) is 0 Å². The van der Waals surface area contributed by atoms with Gasteiger partial charge in [-0.2, -0.15) is 0 Å². The first kappa shape index (κ1) is 33.4. The summed E-state index contributed by atoms with van der Waals surface area (Å²) in [6.45, 7) is 22.4. The lowest BCUT2D eigenvalue weighted by Gasteiger charge is -2.17. The molecule has 39 heavy (non-hydrogen) atoms. The van der Waals surface area contributed by atoms with E-state index in [1.807, 2.05) is 70.2 Å². The van der Waals surface area contributed by atoms with Gasteiger partial charge >= 0.3 is 0 Å². The minimum Gasteiger partial charge on any atom is -0.342 e. The van der Waals surface area contributed by atoms with E-state index in [-0.39, 0.29) is 0 Å². The van der Waals surface area contributed by atoms with Gasteiger partial charge < -0.3 is 10.6 Å². The lowest BCUT2D eigenvalue weighted by atomic mass is 10.0. The van der Waals surface area contributed by atoms with Gasteiger partial charge in [-0.15, -0.1) is 0 Å². The van der Waals surface area contributed by atoms with Crippen LogP contribution in [0.5, 0.6) is 0 Å². The van der Waals surface area contributed by atoms with Crippen molar-refractivity contribution in [1.29, 1.82) is 0 Å². The van der Waals surface area contributed by atoms with Crippen LogP contribution in [0.4, 0.5) is 11.4 Å². The largest absolute Gasteiger partial charge is 0.342 e. The Hall–Kier alpha value is -3.66. The smallest absolute Gasteiger partial charge is 0.138 e. The van der Waals surface area contributed by atoms with Gasteiger partial charge in [-0.1, -0.05) is 122 Å². The summed E-state index contributed by atoms with van der Waals surface area (Å²) in [5.74, 6) is 1.36. The van der Waals surface area contributed by atoms with Crippen molar-refractivity contribution in [3.8, 4) is 0 Å². The number of unbranched alkanes of at least 4 members (excludes halogenated alkanes) is 4. The van der Waals surface area contributed by atoms with Crippen LogP contribution in [-0.2, 0) is 6.42 Å². The van der Waals surface area contributed by atoms with Crippen LogP contribution in [0, 0.1) is 0 Å². The molecule has 0 bridgehead atoms. The monoisotopic (exact) mass is 526 g/mol. The number of hydrogen-bond acceptors (Lipinski definition) is 3. The summed E-state index contributed by atoms with van der Waals surface area (Å²) in [5.41, 5.74) is 7.48. The Balaban J connectivity index is 0.000000735. The summed E-state index contributed by atoms with van der Waals surface area (Å²) >= 11 is 0. The average Bonchev–Trinajstić information content (AvgIpc) is 3.33. The number of rotatable bonds is 11. The van der Waals surface area contributed by atoms with Crippen LogP contribution in [-0.4, -0.2) is 11.5 Å². The lowest BCUT2D eigenvalue weighted by Crippen LogP contribution is -2.27. The number of allylic oxidation sites excluding steroid dienone is 2. The highest BCUT2D eigenvalue weighted by Gasteiger charge is 2.13. The molecule has 210 valence electrons. The SMILES string of the molecule is C=Cc1ccc(C(=C\C)/C(=N\C=C/C)NC(=C)Nc2ccc3c(c2)N=C(C)C3)cc1.CC.CCCCCCC. The topological polar surface area (TPSA) is 48.8 Å². The van der Waals surface area contributed by atoms with E-state index in [0.717, 1.165) is 46.0 Å². The molecule has 4 nitrogen and oxygen atoms in total. The fourth-order valence-corrected chi connectivity index (χ4v) is 4.00. The summed E-state index contributed by atoms with van der Waals surface area (Å²) in [5, 5.41) is 6.65. The minimum atomic E-state index is 0.638. The standard InChI is InChI=1S/C26H28N4.C7H16.C2H6/c1-6-15-27-26(24(8-3)21-11-9-20(7-2)10-12-21)30-19(5)29-23-14-13-22-16-18(4)28-25(22)17-23;1-3-5-7-6-4-2;1-2/h6-15,17,29H,2,5,16H2,1,3-4H3,(H,27,30);3-7H2,1-2H3;1-2H3/b15-6-,24-8+;;. The third kappa shape index (κ3) is 11.7. The zero-order chi connectivity index (χ0) is 29.0. The maximum atomic E-state index is 4.60. The first-order valence-electron chi connectivity index (χ1n) is 14.4. The third-order valence-corrected chi connectivity index (χ3v) is 5.97. The Labute approximate surface area is 238 Å². The van der Waals surface area contributed by atoms with Crippen LogP contribution in [0.15, 0.2) is 89.8 Å². The number of aliphatic imine (C=N–C) groups is 2. The van der Waals surface area contributed by atoms with E-state index in [1.165, 1.54) is 37.7 Å². The zero-order valence-electron chi connectivity index (χ0n) is 25.4. The summed E-state index contributed by atoms with van der Waals surface area (Å²) in [6.07, 6.45) is 15.5. The van der Waals surface area contributed by atoms with Crippen molar-refractivity contribution in [3.63, 3.8) is 0 Å². The van der Waals surface area contributed by atoms with E-state index < -0.39 is 0 Å². The van der Waals surface area contributed by atoms with Gasteiger partial charge in [0.25, 0.3) is 0 Å². The quantitative estimate of drug-likeness (QED) is 0.174. The van der Waals surface area contributed by atoms with Gasteiger partial charge in [0.1, 0.15) is 11.7 Å². The second-order valence-corrected chi connectivity index (χ2v) is 9.15. The number of amidine groups is 1. The Morgan fingerprint density at radius 3 is 2.23 bits per heavy atom. The normalized spacial score (nSPS) is 12.4. The number of nitrogens with zero attached hydrogens (tertiary/aromatic N) is 2. The summed E-state index contributed by atoms with van der Waals surface area (Å²) in [4.78, 5) is 9.19. The first-order chi connectivity index (χ1) is 18.9. The first-order valence-corrected chi connectivity index (χ1v) is 14.4. The average molecular weight is 527 g/mol. The van der Waals surface area contributed by atoms with Gasteiger partial charge in [0, 0.05) is 29.6 Å². The molecule has 0 atom stereocenters. The van der Waals surface area contributed by atoms with E-state index in [9.17, 15) is 0 Å². The van der Waals surface area contributed by atoms with Crippen molar-refractivity contribution in [2.75, 3.05) is 5.32 Å². The molecule has 1 aliphatic rings. The molecule has 1 aliphatic heterocycles. The molecule has 0 saturated heterocycles. The van der Waals surface area contributed by atoms with E-state index in [4.69, 9.17) is 0 Å². The molecule has 0 unspecified atom stereocenters. The number of nitrogens with one attached hydrogen (secondary N) is 2. The zero-order valence-corrected chi connectivity index (χ0v) is 25.4. The Kier molecular flexibility index (Phi) is 16.6. The third-order valence-electron chi connectivity index (χ3n) is 5.97. The molecule has 2 aromatic carbocycles. The lowest BCUT2D eigenvalue weighted by molar-refractivity contribution is 0.656. The van der Waals surface area contributed by atoms with E-state index in [0.29, 0.717) is 5.82 Å². The fraction of sp³-hybridized carbons (Fsp3) is 0.371. The van der Waals surface area contributed by atoms with Gasteiger partial charge in [-0.3, -0.25) is 4.99 Å². The molecular formula is C35H50N4. The molecule has 2 N–H and O–H groups in total. The highest BCUT2D eigenvalue weighted by molar-refractivity contribution is 6.23. The summed E-state index contributed by atoms with van der Waals surface area (Å²) in [7, 11) is 0. The highest BCUT2D eigenvalue weighted by atomic mass is 15.1. The Morgan fingerprint density at radius 1 is 1.00 bits per heavy atom. The van der Waals surface area contributed by atoms with Gasteiger partial charge in [-0.25, -0.2) is 4.99 Å². The number of benzene rings is 2. The second-order valence-electron chi connectivity index (χ2n) is 9.15. The van der Waals surface area contributed by atoms with Crippen molar-refractivity contribution in [3.05, 3.63) is 96.5 Å². The van der Waals surface area contributed by atoms with Gasteiger partial charge in [0.2, 0.25) is 0 Å². The Bertz CT molecular complexity index is 1140. The van der Waals surface area contributed by atoms with Gasteiger partial charge in [-0.05, 0) is 49.6 Å². The molecule has 0 radical (unpaired) electrons. The van der Waals surface area contributed by atoms with E-state index in [2.05, 4.69) is 72.7 Å². The van der Waals surface area contributed by atoms with Crippen LogP contribution < -0.4 is 10.6 Å². The summed E-state index contributed by atoms with van der Waals surface area (Å²) in [6, 6.07) is 14.4. The predicted octanol–water partition coefficient (Wildman–Crippen LogP) is 10.5. The Morgan fingerprint density at radius 2 is 1.67 bits per heavy atom. The maximum absolute atomic E-state index is 4.60.